The molecule has 0 saturated carbocycles. The maximum absolute atomic E-state index is 13.3. The Morgan fingerprint density at radius 1 is 1.47 bits per heavy atom. The third-order valence-corrected chi connectivity index (χ3v) is 3.70. The van der Waals surface area contributed by atoms with Gasteiger partial charge in [-0.15, -0.1) is 0 Å². The van der Waals surface area contributed by atoms with Gasteiger partial charge < -0.3 is 15.1 Å². The van der Waals surface area contributed by atoms with Crippen LogP contribution in [0, 0.1) is 11.7 Å². The fourth-order valence-corrected chi connectivity index (χ4v) is 2.60. The molecule has 106 valence electrons. The highest BCUT2D eigenvalue weighted by molar-refractivity contribution is 5.91. The molecule has 1 amide bonds. The van der Waals surface area contributed by atoms with Crippen LogP contribution in [0.1, 0.15) is 42.7 Å². The summed E-state index contributed by atoms with van der Waals surface area (Å²) in [7, 11) is 0. The lowest BCUT2D eigenvalue weighted by Gasteiger charge is -2.15. The molecule has 2 heterocycles. The SMILES string of the molecule is NCCCCCC1CCN(C(=O)c2occc2F)C1. The molecule has 2 rings (SSSR count). The molecule has 0 aromatic carbocycles. The molecule has 1 atom stereocenters. The second-order valence-corrected chi connectivity index (χ2v) is 5.14. The first-order valence-corrected chi connectivity index (χ1v) is 6.94. The Hall–Kier alpha value is -1.36. The van der Waals surface area contributed by atoms with Gasteiger partial charge in [0.2, 0.25) is 5.76 Å². The van der Waals surface area contributed by atoms with Gasteiger partial charge in [-0.25, -0.2) is 4.39 Å². The van der Waals surface area contributed by atoms with Crippen molar-refractivity contribution in [3.05, 3.63) is 23.9 Å². The monoisotopic (exact) mass is 268 g/mol. The third-order valence-electron chi connectivity index (χ3n) is 3.70. The summed E-state index contributed by atoms with van der Waals surface area (Å²) in [5.74, 6) is -0.535. The van der Waals surface area contributed by atoms with E-state index in [1.807, 2.05) is 0 Å². The lowest BCUT2D eigenvalue weighted by molar-refractivity contribution is 0.0748. The molecule has 0 radical (unpaired) electrons. The molecule has 2 N–H and O–H groups in total. The molecule has 19 heavy (non-hydrogen) atoms. The predicted molar refractivity (Wildman–Crippen MR) is 70.2 cm³/mol. The van der Waals surface area contributed by atoms with E-state index in [1.54, 1.807) is 4.90 Å². The van der Waals surface area contributed by atoms with E-state index in [2.05, 4.69) is 0 Å². The first kappa shape index (κ1) is 14.1. The molecule has 1 fully saturated rings. The number of nitrogens with zero attached hydrogens (tertiary/aromatic N) is 1. The zero-order chi connectivity index (χ0) is 13.7. The number of halogens is 1. The van der Waals surface area contributed by atoms with Crippen LogP contribution in [0.4, 0.5) is 4.39 Å². The topological polar surface area (TPSA) is 59.5 Å². The molecule has 5 heteroatoms. The number of likely N-dealkylation sites (tertiary alicyclic amines) is 1. The lowest BCUT2D eigenvalue weighted by Crippen LogP contribution is -2.29. The number of unbranched alkanes of at least 4 members (excludes halogenated alkanes) is 2. The van der Waals surface area contributed by atoms with E-state index in [0.717, 1.165) is 38.6 Å². The molecule has 1 saturated heterocycles. The molecule has 1 aromatic heterocycles. The van der Waals surface area contributed by atoms with E-state index in [9.17, 15) is 9.18 Å². The van der Waals surface area contributed by atoms with Gasteiger partial charge in [-0.2, -0.15) is 0 Å². The summed E-state index contributed by atoms with van der Waals surface area (Å²) >= 11 is 0. The Bertz CT molecular complexity index is 419. The van der Waals surface area contributed by atoms with Crippen molar-refractivity contribution in [3.8, 4) is 0 Å². The van der Waals surface area contributed by atoms with Crippen molar-refractivity contribution < 1.29 is 13.6 Å². The highest BCUT2D eigenvalue weighted by Gasteiger charge is 2.29. The summed E-state index contributed by atoms with van der Waals surface area (Å²) in [6.07, 6.45) is 6.68. The normalized spacial score (nSPS) is 19.1. The maximum atomic E-state index is 13.3. The van der Waals surface area contributed by atoms with Gasteiger partial charge in [-0.05, 0) is 31.7 Å². The molecule has 1 unspecified atom stereocenters. The van der Waals surface area contributed by atoms with Crippen molar-refractivity contribution in [2.45, 2.75) is 32.1 Å². The highest BCUT2D eigenvalue weighted by Crippen LogP contribution is 2.24. The molecule has 0 bridgehead atoms. The quantitative estimate of drug-likeness (QED) is 0.806. The number of furan rings is 1. The predicted octanol–water partition coefficient (Wildman–Crippen LogP) is 2.40. The van der Waals surface area contributed by atoms with Crippen LogP contribution in [0.15, 0.2) is 16.7 Å². The Morgan fingerprint density at radius 2 is 2.32 bits per heavy atom. The van der Waals surface area contributed by atoms with Crippen LogP contribution in [-0.4, -0.2) is 30.4 Å². The van der Waals surface area contributed by atoms with Gasteiger partial charge in [0.05, 0.1) is 6.26 Å². The highest BCUT2D eigenvalue weighted by atomic mass is 19.1. The molecule has 0 spiro atoms. The molecule has 0 aliphatic carbocycles. The largest absolute Gasteiger partial charge is 0.456 e. The summed E-state index contributed by atoms with van der Waals surface area (Å²) in [6.45, 7) is 2.15. The second-order valence-electron chi connectivity index (χ2n) is 5.14. The number of carbonyl (C=O) groups is 1. The Labute approximate surface area is 112 Å². The average Bonchev–Trinajstić information content (AvgIpc) is 3.03. The van der Waals surface area contributed by atoms with Crippen LogP contribution in [0.5, 0.6) is 0 Å². The van der Waals surface area contributed by atoms with E-state index >= 15 is 0 Å². The van der Waals surface area contributed by atoms with E-state index in [0.29, 0.717) is 19.0 Å². The summed E-state index contributed by atoms with van der Waals surface area (Å²) in [5.41, 5.74) is 5.45. The summed E-state index contributed by atoms with van der Waals surface area (Å²) in [5, 5.41) is 0. The third kappa shape index (κ3) is 3.56. The molecule has 1 aromatic rings. The van der Waals surface area contributed by atoms with E-state index in [1.165, 1.54) is 12.3 Å². The van der Waals surface area contributed by atoms with Crippen LogP contribution >= 0.6 is 0 Å². The fraction of sp³-hybridized carbons (Fsp3) is 0.643. The number of nitrogens with two attached hydrogens (primary N) is 1. The Kier molecular flexibility index (Phi) is 4.96. The van der Waals surface area contributed by atoms with Crippen molar-refractivity contribution in [2.24, 2.45) is 11.7 Å². The minimum absolute atomic E-state index is 0.163. The average molecular weight is 268 g/mol. The number of amides is 1. The second kappa shape index (κ2) is 6.70. The lowest BCUT2D eigenvalue weighted by atomic mass is 10.0. The summed E-state index contributed by atoms with van der Waals surface area (Å²) in [4.78, 5) is 13.7. The summed E-state index contributed by atoms with van der Waals surface area (Å²) in [6, 6.07) is 1.17. The number of carbonyl (C=O) groups excluding carboxylic acids is 1. The molecule has 1 aliphatic heterocycles. The molecule has 4 nitrogen and oxygen atoms in total. The fourth-order valence-electron chi connectivity index (χ4n) is 2.60. The van der Waals surface area contributed by atoms with Crippen LogP contribution in [0.3, 0.4) is 0 Å². The van der Waals surface area contributed by atoms with Gasteiger partial charge in [0.25, 0.3) is 5.91 Å². The number of hydrogen-bond acceptors (Lipinski definition) is 3. The van der Waals surface area contributed by atoms with Crippen LogP contribution in [0.2, 0.25) is 0 Å². The molecular formula is C14H21FN2O2. The Balaban J connectivity index is 1.78. The minimum Gasteiger partial charge on any atom is -0.456 e. The number of hydrogen-bond donors (Lipinski definition) is 1. The summed E-state index contributed by atoms with van der Waals surface area (Å²) < 4.78 is 18.2. The van der Waals surface area contributed by atoms with Gasteiger partial charge in [0.1, 0.15) is 0 Å². The first-order chi connectivity index (χ1) is 9.22. The smallest absolute Gasteiger partial charge is 0.292 e. The van der Waals surface area contributed by atoms with Gasteiger partial charge in [-0.3, -0.25) is 4.79 Å². The van der Waals surface area contributed by atoms with Crippen LogP contribution < -0.4 is 5.73 Å². The molecule has 1 aliphatic rings. The number of rotatable bonds is 6. The van der Waals surface area contributed by atoms with Crippen LogP contribution in [-0.2, 0) is 0 Å². The van der Waals surface area contributed by atoms with E-state index < -0.39 is 5.82 Å². The van der Waals surface area contributed by atoms with Crippen molar-refractivity contribution in [2.75, 3.05) is 19.6 Å². The minimum atomic E-state index is -0.573. The zero-order valence-corrected chi connectivity index (χ0v) is 11.1. The van der Waals surface area contributed by atoms with Gasteiger partial charge in [0.15, 0.2) is 5.82 Å². The van der Waals surface area contributed by atoms with E-state index in [4.69, 9.17) is 10.2 Å². The van der Waals surface area contributed by atoms with Crippen molar-refractivity contribution in [3.63, 3.8) is 0 Å². The van der Waals surface area contributed by atoms with Gasteiger partial charge in [0, 0.05) is 19.2 Å². The van der Waals surface area contributed by atoms with Gasteiger partial charge in [-0.1, -0.05) is 12.8 Å². The standard InChI is InChI=1S/C14H21FN2O2/c15-12-6-9-19-13(12)14(18)17-8-5-11(10-17)4-2-1-3-7-16/h6,9,11H,1-5,7-8,10,16H2. The van der Waals surface area contributed by atoms with E-state index in [-0.39, 0.29) is 11.7 Å². The Morgan fingerprint density at radius 3 is 3.00 bits per heavy atom. The van der Waals surface area contributed by atoms with Crippen molar-refractivity contribution >= 4 is 5.91 Å². The van der Waals surface area contributed by atoms with Crippen molar-refractivity contribution in [1.29, 1.82) is 0 Å². The first-order valence-electron chi connectivity index (χ1n) is 6.94. The molecular weight excluding hydrogens is 247 g/mol. The zero-order valence-electron chi connectivity index (χ0n) is 11.1. The van der Waals surface area contributed by atoms with Crippen LogP contribution in [0.25, 0.3) is 0 Å². The van der Waals surface area contributed by atoms with Crippen molar-refractivity contribution in [1.82, 2.24) is 4.90 Å². The maximum Gasteiger partial charge on any atom is 0.292 e. The van der Waals surface area contributed by atoms with Gasteiger partial charge >= 0.3 is 0 Å².